The Morgan fingerprint density at radius 2 is 1.62 bits per heavy atom. The lowest BCUT2D eigenvalue weighted by molar-refractivity contribution is -0.117. The summed E-state index contributed by atoms with van der Waals surface area (Å²) in [7, 11) is -2.41. The number of alkyl halides is 2. The number of amides is 1. The average molecular weight is 491 g/mol. The molecule has 10 heteroatoms. The quantitative estimate of drug-likeness (QED) is 0.458. The van der Waals surface area contributed by atoms with Gasteiger partial charge in [-0.1, -0.05) is 29.8 Å². The number of carbonyl (C=O) groups excluding carboxylic acids is 1. The van der Waals surface area contributed by atoms with E-state index in [-0.39, 0.29) is 16.3 Å². The predicted molar refractivity (Wildman–Crippen MR) is 125 cm³/mol. The number of ether oxygens (including phenoxy) is 2. The van der Waals surface area contributed by atoms with E-state index in [1.165, 1.54) is 44.4 Å². The summed E-state index contributed by atoms with van der Waals surface area (Å²) in [6.07, 6.45) is 0. The van der Waals surface area contributed by atoms with Crippen LogP contribution in [0.4, 0.5) is 14.5 Å². The number of hydrogen-bond acceptors (Lipinski definition) is 5. The van der Waals surface area contributed by atoms with Crippen molar-refractivity contribution >= 4 is 21.6 Å². The van der Waals surface area contributed by atoms with Crippen LogP contribution in [0.1, 0.15) is 12.5 Å². The number of nitrogens with one attached hydrogen (secondary N) is 2. The minimum absolute atomic E-state index is 0.0352. The summed E-state index contributed by atoms with van der Waals surface area (Å²) >= 11 is 0. The van der Waals surface area contributed by atoms with Gasteiger partial charge in [-0.15, -0.1) is 0 Å². The SMILES string of the molecule is COc1ccc(-c2cc(NC(=O)[C@@H](C)NS(=O)(=O)c3ccc(C)cc3)ccc2OC(F)F)cc1. The molecule has 0 aliphatic carbocycles. The third kappa shape index (κ3) is 6.30. The Labute approximate surface area is 196 Å². The van der Waals surface area contributed by atoms with Gasteiger partial charge >= 0.3 is 6.61 Å². The second kappa shape index (κ2) is 10.6. The van der Waals surface area contributed by atoms with Crippen molar-refractivity contribution in [2.24, 2.45) is 0 Å². The summed E-state index contributed by atoms with van der Waals surface area (Å²) < 4.78 is 63.0. The van der Waals surface area contributed by atoms with E-state index in [1.54, 1.807) is 36.4 Å². The monoisotopic (exact) mass is 490 g/mol. The van der Waals surface area contributed by atoms with Gasteiger partial charge in [0.15, 0.2) is 0 Å². The highest BCUT2D eigenvalue weighted by molar-refractivity contribution is 7.89. The second-order valence-electron chi connectivity index (χ2n) is 7.46. The minimum Gasteiger partial charge on any atom is -0.497 e. The Balaban J connectivity index is 1.80. The van der Waals surface area contributed by atoms with Crippen LogP contribution in [0.5, 0.6) is 11.5 Å². The normalized spacial score (nSPS) is 12.3. The van der Waals surface area contributed by atoms with Crippen molar-refractivity contribution in [1.82, 2.24) is 4.72 Å². The van der Waals surface area contributed by atoms with E-state index in [0.29, 0.717) is 16.9 Å². The molecule has 0 unspecified atom stereocenters. The van der Waals surface area contributed by atoms with E-state index >= 15 is 0 Å². The molecule has 2 N–H and O–H groups in total. The molecule has 3 rings (SSSR count). The van der Waals surface area contributed by atoms with Crippen molar-refractivity contribution < 1.29 is 31.5 Å². The Kier molecular flexibility index (Phi) is 7.85. The molecule has 7 nitrogen and oxygen atoms in total. The lowest BCUT2D eigenvalue weighted by Crippen LogP contribution is -2.41. The standard InChI is InChI=1S/C24H24F2N2O5S/c1-15-4-11-20(12-5-15)34(30,31)28-16(2)23(29)27-18-8-13-22(33-24(25)26)21(14-18)17-6-9-19(32-3)10-7-17/h4-14,16,24,28H,1-3H3,(H,27,29)/t16-/m1/s1. The number of halogens is 2. The summed E-state index contributed by atoms with van der Waals surface area (Å²) in [6.45, 7) is 0.200. The van der Waals surface area contributed by atoms with E-state index in [0.717, 1.165) is 5.56 Å². The van der Waals surface area contributed by atoms with Crippen LogP contribution in [0.2, 0.25) is 0 Å². The van der Waals surface area contributed by atoms with Crippen molar-refractivity contribution in [3.63, 3.8) is 0 Å². The van der Waals surface area contributed by atoms with E-state index in [2.05, 4.69) is 14.8 Å². The largest absolute Gasteiger partial charge is 0.497 e. The van der Waals surface area contributed by atoms with Gasteiger partial charge in [0.1, 0.15) is 11.5 Å². The third-order valence-corrected chi connectivity index (χ3v) is 6.48. The Morgan fingerprint density at radius 1 is 0.971 bits per heavy atom. The van der Waals surface area contributed by atoms with Gasteiger partial charge in [-0.05, 0) is 61.9 Å². The molecule has 3 aromatic rings. The molecular weight excluding hydrogens is 466 g/mol. The van der Waals surface area contributed by atoms with E-state index < -0.39 is 28.6 Å². The zero-order chi connectivity index (χ0) is 24.9. The molecule has 180 valence electrons. The van der Waals surface area contributed by atoms with Gasteiger partial charge in [0, 0.05) is 11.3 Å². The smallest absolute Gasteiger partial charge is 0.387 e. The molecule has 0 heterocycles. The summed E-state index contributed by atoms with van der Waals surface area (Å²) in [6, 6.07) is 15.9. The van der Waals surface area contributed by atoms with Crippen molar-refractivity contribution in [1.29, 1.82) is 0 Å². The number of aryl methyl sites for hydroxylation is 1. The van der Waals surface area contributed by atoms with E-state index in [4.69, 9.17) is 4.74 Å². The van der Waals surface area contributed by atoms with Crippen LogP contribution in [0.15, 0.2) is 71.6 Å². The summed E-state index contributed by atoms with van der Waals surface area (Å²) in [5, 5.41) is 2.60. The van der Waals surface area contributed by atoms with Crippen molar-refractivity contribution in [3.05, 3.63) is 72.3 Å². The molecule has 0 saturated heterocycles. The van der Waals surface area contributed by atoms with Crippen molar-refractivity contribution in [2.75, 3.05) is 12.4 Å². The topological polar surface area (TPSA) is 93.7 Å². The molecule has 34 heavy (non-hydrogen) atoms. The van der Waals surface area contributed by atoms with Crippen LogP contribution >= 0.6 is 0 Å². The Hall–Kier alpha value is -3.50. The first-order chi connectivity index (χ1) is 16.1. The molecule has 3 aromatic carbocycles. The van der Waals surface area contributed by atoms with Gasteiger partial charge in [-0.3, -0.25) is 4.79 Å². The number of sulfonamides is 1. The first-order valence-electron chi connectivity index (χ1n) is 10.2. The third-order valence-electron chi connectivity index (χ3n) is 4.92. The Morgan fingerprint density at radius 3 is 2.21 bits per heavy atom. The number of rotatable bonds is 9. The maximum absolute atomic E-state index is 12.9. The van der Waals surface area contributed by atoms with Gasteiger partial charge in [0.2, 0.25) is 15.9 Å². The molecule has 0 aliphatic rings. The summed E-state index contributed by atoms with van der Waals surface area (Å²) in [5.74, 6) is -0.121. The molecule has 0 saturated carbocycles. The van der Waals surface area contributed by atoms with Crippen LogP contribution in [0, 0.1) is 6.92 Å². The second-order valence-corrected chi connectivity index (χ2v) is 9.18. The van der Waals surface area contributed by atoms with E-state index in [9.17, 15) is 22.0 Å². The number of carbonyl (C=O) groups is 1. The van der Waals surface area contributed by atoms with Crippen LogP contribution in [-0.2, 0) is 14.8 Å². The Bertz CT molecular complexity index is 1250. The van der Waals surface area contributed by atoms with Crippen LogP contribution in [0.3, 0.4) is 0 Å². The molecule has 0 radical (unpaired) electrons. The van der Waals surface area contributed by atoms with Gasteiger partial charge in [0.25, 0.3) is 0 Å². The predicted octanol–water partition coefficient (Wildman–Crippen LogP) is 4.58. The highest BCUT2D eigenvalue weighted by Gasteiger charge is 2.22. The maximum Gasteiger partial charge on any atom is 0.387 e. The molecule has 1 amide bonds. The molecule has 0 fully saturated rings. The summed E-state index contributed by atoms with van der Waals surface area (Å²) in [5.41, 5.74) is 2.05. The fourth-order valence-electron chi connectivity index (χ4n) is 3.12. The number of anilines is 1. The van der Waals surface area contributed by atoms with Gasteiger partial charge in [0.05, 0.1) is 18.0 Å². The van der Waals surface area contributed by atoms with Gasteiger partial charge in [-0.25, -0.2) is 8.42 Å². The van der Waals surface area contributed by atoms with Gasteiger partial charge < -0.3 is 14.8 Å². The van der Waals surface area contributed by atoms with Gasteiger partial charge in [-0.2, -0.15) is 13.5 Å². The zero-order valence-corrected chi connectivity index (χ0v) is 19.5. The van der Waals surface area contributed by atoms with Crippen molar-refractivity contribution in [3.8, 4) is 22.6 Å². The molecule has 0 aliphatic heterocycles. The highest BCUT2D eigenvalue weighted by Crippen LogP contribution is 2.34. The van der Waals surface area contributed by atoms with Crippen LogP contribution in [0.25, 0.3) is 11.1 Å². The average Bonchev–Trinajstić information content (AvgIpc) is 2.79. The number of methoxy groups -OCH3 is 1. The van der Waals surface area contributed by atoms with E-state index in [1.807, 2.05) is 6.92 Å². The molecule has 1 atom stereocenters. The number of hydrogen-bond donors (Lipinski definition) is 2. The fourth-order valence-corrected chi connectivity index (χ4v) is 4.33. The van der Waals surface area contributed by atoms with Crippen LogP contribution < -0.4 is 19.5 Å². The first-order valence-corrected chi connectivity index (χ1v) is 11.7. The lowest BCUT2D eigenvalue weighted by Gasteiger charge is -2.17. The molecular formula is C24H24F2N2O5S. The lowest BCUT2D eigenvalue weighted by atomic mass is 10.0. The minimum atomic E-state index is -3.92. The van der Waals surface area contributed by atoms with Crippen molar-refractivity contribution in [2.45, 2.75) is 31.4 Å². The zero-order valence-electron chi connectivity index (χ0n) is 18.7. The highest BCUT2D eigenvalue weighted by atomic mass is 32.2. The first kappa shape index (κ1) is 25.1. The summed E-state index contributed by atoms with van der Waals surface area (Å²) in [4.78, 5) is 12.7. The van der Waals surface area contributed by atoms with Crippen LogP contribution in [-0.4, -0.2) is 34.1 Å². The molecule has 0 bridgehead atoms. The maximum atomic E-state index is 12.9. The molecule has 0 aromatic heterocycles. The fraction of sp³-hybridized carbons (Fsp3) is 0.208. The number of benzene rings is 3. The molecule has 0 spiro atoms.